The first-order valence-electron chi connectivity index (χ1n) is 5.85. The summed E-state index contributed by atoms with van der Waals surface area (Å²) < 4.78 is 1.15. The van der Waals surface area contributed by atoms with E-state index in [1.54, 1.807) is 0 Å². The summed E-state index contributed by atoms with van der Waals surface area (Å²) in [6.45, 7) is 4.13. The van der Waals surface area contributed by atoms with Gasteiger partial charge in [-0.05, 0) is 49.1 Å². The van der Waals surface area contributed by atoms with Crippen molar-refractivity contribution in [1.82, 2.24) is 0 Å². The molecular weight excluding hydrogens is 232 g/mol. The SMILES string of the molecule is Cc1cc(C)c2sc(C(=O)O)c(C3CC3)c2c1. The molecule has 0 unspecified atom stereocenters. The van der Waals surface area contributed by atoms with Crippen LogP contribution in [0.1, 0.15) is 45.1 Å². The molecule has 2 aromatic rings. The molecule has 1 aliphatic carbocycles. The first-order chi connectivity index (χ1) is 8.08. The highest BCUT2D eigenvalue weighted by Gasteiger charge is 2.32. The van der Waals surface area contributed by atoms with Crippen LogP contribution in [0.4, 0.5) is 0 Å². The van der Waals surface area contributed by atoms with Crippen LogP contribution in [0.25, 0.3) is 10.1 Å². The van der Waals surface area contributed by atoms with Gasteiger partial charge in [0, 0.05) is 4.70 Å². The predicted molar refractivity (Wildman–Crippen MR) is 70.2 cm³/mol. The summed E-state index contributed by atoms with van der Waals surface area (Å²) in [6.07, 6.45) is 2.28. The van der Waals surface area contributed by atoms with Gasteiger partial charge in [-0.25, -0.2) is 4.79 Å². The van der Waals surface area contributed by atoms with Gasteiger partial charge in [-0.1, -0.05) is 17.7 Å². The second-order valence-electron chi connectivity index (χ2n) is 4.88. The molecule has 0 spiro atoms. The number of aromatic carboxylic acids is 1. The molecule has 1 N–H and O–H groups in total. The Bertz CT molecular complexity index is 621. The van der Waals surface area contributed by atoms with Gasteiger partial charge in [-0.2, -0.15) is 0 Å². The number of thiophene rings is 1. The van der Waals surface area contributed by atoms with Gasteiger partial charge in [-0.3, -0.25) is 0 Å². The lowest BCUT2D eigenvalue weighted by Gasteiger charge is -2.01. The Hall–Kier alpha value is -1.35. The quantitative estimate of drug-likeness (QED) is 0.866. The Morgan fingerprint density at radius 2 is 2.06 bits per heavy atom. The third-order valence-corrected chi connectivity index (χ3v) is 4.68. The van der Waals surface area contributed by atoms with Crippen molar-refractivity contribution in [2.75, 3.05) is 0 Å². The molecular formula is C14H14O2S. The number of carbonyl (C=O) groups is 1. The molecule has 0 bridgehead atoms. The molecule has 0 aliphatic heterocycles. The summed E-state index contributed by atoms with van der Waals surface area (Å²) in [5, 5.41) is 10.5. The van der Waals surface area contributed by atoms with Crippen molar-refractivity contribution in [1.29, 1.82) is 0 Å². The van der Waals surface area contributed by atoms with Crippen LogP contribution in [0.3, 0.4) is 0 Å². The van der Waals surface area contributed by atoms with Gasteiger partial charge in [-0.15, -0.1) is 11.3 Å². The topological polar surface area (TPSA) is 37.3 Å². The Morgan fingerprint density at radius 1 is 1.35 bits per heavy atom. The Morgan fingerprint density at radius 3 is 2.65 bits per heavy atom. The van der Waals surface area contributed by atoms with Crippen molar-refractivity contribution in [2.45, 2.75) is 32.6 Å². The van der Waals surface area contributed by atoms with Crippen molar-refractivity contribution >= 4 is 27.4 Å². The van der Waals surface area contributed by atoms with E-state index in [1.807, 2.05) is 0 Å². The van der Waals surface area contributed by atoms with E-state index < -0.39 is 5.97 Å². The van der Waals surface area contributed by atoms with Crippen LogP contribution in [-0.4, -0.2) is 11.1 Å². The van der Waals surface area contributed by atoms with E-state index in [-0.39, 0.29) is 0 Å². The molecule has 1 aromatic heterocycles. The predicted octanol–water partition coefficient (Wildman–Crippen LogP) is 4.09. The van der Waals surface area contributed by atoms with Crippen molar-refractivity contribution in [3.8, 4) is 0 Å². The fourth-order valence-corrected chi connectivity index (χ4v) is 3.68. The molecule has 1 fully saturated rings. The molecule has 1 aromatic carbocycles. The van der Waals surface area contributed by atoms with Gasteiger partial charge >= 0.3 is 5.97 Å². The molecule has 88 valence electrons. The zero-order valence-corrected chi connectivity index (χ0v) is 10.7. The number of rotatable bonds is 2. The van der Waals surface area contributed by atoms with E-state index in [2.05, 4.69) is 26.0 Å². The number of carboxylic acids is 1. The largest absolute Gasteiger partial charge is 0.477 e. The standard InChI is InChI=1S/C14H14O2S/c1-7-5-8(2)12-10(6-7)11(9-3-4-9)13(17-12)14(15)16/h5-6,9H,3-4H2,1-2H3,(H,15,16). The van der Waals surface area contributed by atoms with E-state index in [0.717, 1.165) is 23.1 Å². The molecule has 1 saturated carbocycles. The second-order valence-corrected chi connectivity index (χ2v) is 5.90. The van der Waals surface area contributed by atoms with Gasteiger partial charge < -0.3 is 5.11 Å². The highest BCUT2D eigenvalue weighted by atomic mass is 32.1. The zero-order valence-electron chi connectivity index (χ0n) is 9.91. The molecule has 1 heterocycles. The average molecular weight is 246 g/mol. The zero-order chi connectivity index (χ0) is 12.2. The van der Waals surface area contributed by atoms with Crippen molar-refractivity contribution in [3.05, 3.63) is 33.7 Å². The number of carboxylic acid groups (broad SMARTS) is 1. The Balaban J connectivity index is 2.38. The van der Waals surface area contributed by atoms with Gasteiger partial charge in [0.2, 0.25) is 0 Å². The molecule has 2 nitrogen and oxygen atoms in total. The van der Waals surface area contributed by atoms with Crippen LogP contribution in [0.2, 0.25) is 0 Å². The minimum absolute atomic E-state index is 0.482. The van der Waals surface area contributed by atoms with Gasteiger partial charge in [0.15, 0.2) is 0 Å². The summed E-state index contributed by atoms with van der Waals surface area (Å²) in [5.74, 6) is -0.291. The molecule has 0 amide bonds. The van der Waals surface area contributed by atoms with E-state index in [4.69, 9.17) is 0 Å². The van der Waals surface area contributed by atoms with Crippen LogP contribution in [0, 0.1) is 13.8 Å². The highest BCUT2D eigenvalue weighted by Crippen LogP contribution is 2.48. The minimum Gasteiger partial charge on any atom is -0.477 e. The van der Waals surface area contributed by atoms with Gasteiger partial charge in [0.05, 0.1) is 0 Å². The lowest BCUT2D eigenvalue weighted by molar-refractivity contribution is 0.0701. The van der Waals surface area contributed by atoms with Crippen molar-refractivity contribution in [2.24, 2.45) is 0 Å². The van der Waals surface area contributed by atoms with E-state index in [0.29, 0.717) is 10.8 Å². The number of hydrogen-bond donors (Lipinski definition) is 1. The Kier molecular flexibility index (Phi) is 2.26. The van der Waals surface area contributed by atoms with Crippen LogP contribution >= 0.6 is 11.3 Å². The molecule has 3 rings (SSSR count). The number of aryl methyl sites for hydroxylation is 2. The first-order valence-corrected chi connectivity index (χ1v) is 6.66. The van der Waals surface area contributed by atoms with Crippen LogP contribution in [0.5, 0.6) is 0 Å². The van der Waals surface area contributed by atoms with Crippen LogP contribution in [-0.2, 0) is 0 Å². The Labute approximate surface area is 104 Å². The second kappa shape index (κ2) is 3.57. The normalized spacial score (nSPS) is 15.4. The highest BCUT2D eigenvalue weighted by molar-refractivity contribution is 7.21. The summed E-state index contributed by atoms with van der Waals surface area (Å²) in [4.78, 5) is 11.9. The maximum atomic E-state index is 11.3. The van der Waals surface area contributed by atoms with E-state index >= 15 is 0 Å². The third-order valence-electron chi connectivity index (χ3n) is 3.34. The minimum atomic E-state index is -0.773. The maximum absolute atomic E-state index is 11.3. The molecule has 0 saturated heterocycles. The third kappa shape index (κ3) is 1.65. The fraction of sp³-hybridized carbons (Fsp3) is 0.357. The molecule has 3 heteroatoms. The molecule has 17 heavy (non-hydrogen) atoms. The van der Waals surface area contributed by atoms with E-state index in [9.17, 15) is 9.90 Å². The number of benzene rings is 1. The van der Waals surface area contributed by atoms with Gasteiger partial charge in [0.25, 0.3) is 0 Å². The number of hydrogen-bond acceptors (Lipinski definition) is 2. The van der Waals surface area contributed by atoms with E-state index in [1.165, 1.54) is 27.8 Å². The summed E-state index contributed by atoms with van der Waals surface area (Å²) in [5.41, 5.74) is 3.50. The summed E-state index contributed by atoms with van der Waals surface area (Å²) in [7, 11) is 0. The van der Waals surface area contributed by atoms with Gasteiger partial charge in [0.1, 0.15) is 4.88 Å². The maximum Gasteiger partial charge on any atom is 0.346 e. The average Bonchev–Trinajstić information content (AvgIpc) is 2.99. The lowest BCUT2D eigenvalue weighted by Crippen LogP contribution is -1.96. The monoisotopic (exact) mass is 246 g/mol. The van der Waals surface area contributed by atoms with Crippen molar-refractivity contribution < 1.29 is 9.90 Å². The number of fused-ring (bicyclic) bond motifs is 1. The first kappa shape index (κ1) is 10.8. The molecule has 0 atom stereocenters. The van der Waals surface area contributed by atoms with Crippen LogP contribution in [0.15, 0.2) is 12.1 Å². The summed E-state index contributed by atoms with van der Waals surface area (Å²) in [6, 6.07) is 4.26. The van der Waals surface area contributed by atoms with Crippen molar-refractivity contribution in [3.63, 3.8) is 0 Å². The molecule has 0 radical (unpaired) electrons. The summed E-state index contributed by atoms with van der Waals surface area (Å²) >= 11 is 1.44. The molecule has 1 aliphatic rings. The van der Waals surface area contributed by atoms with Crippen LogP contribution < -0.4 is 0 Å². The lowest BCUT2D eigenvalue weighted by atomic mass is 10.0. The fourth-order valence-electron chi connectivity index (χ4n) is 2.51. The smallest absolute Gasteiger partial charge is 0.346 e.